The molecule has 4 nitrogen and oxygen atoms in total. The number of nitrogens with one attached hydrogen (secondary N) is 1. The van der Waals surface area contributed by atoms with Crippen molar-refractivity contribution in [3.8, 4) is 5.75 Å². The zero-order valence-corrected chi connectivity index (χ0v) is 10.9. The fourth-order valence-electron chi connectivity index (χ4n) is 1.95. The van der Waals surface area contributed by atoms with Gasteiger partial charge in [0.15, 0.2) is 0 Å². The lowest BCUT2D eigenvalue weighted by atomic mass is 10.2. The van der Waals surface area contributed by atoms with Crippen LogP contribution in [0.3, 0.4) is 0 Å². The lowest BCUT2D eigenvalue weighted by Crippen LogP contribution is -2.40. The molecule has 100 valence electrons. The fraction of sp³-hybridized carbons (Fsp3) is 0.571. The molecule has 0 spiro atoms. The third kappa shape index (κ3) is 3.98. The van der Waals surface area contributed by atoms with Crippen LogP contribution in [0.2, 0.25) is 0 Å². The highest BCUT2D eigenvalue weighted by Crippen LogP contribution is 2.18. The predicted octanol–water partition coefficient (Wildman–Crippen LogP) is 1.59. The molecule has 0 amide bonds. The van der Waals surface area contributed by atoms with Crippen molar-refractivity contribution in [3.05, 3.63) is 29.8 Å². The molecule has 18 heavy (non-hydrogen) atoms. The predicted molar refractivity (Wildman–Crippen MR) is 69.9 cm³/mol. The Morgan fingerprint density at radius 2 is 2.28 bits per heavy atom. The van der Waals surface area contributed by atoms with Crippen molar-refractivity contribution in [3.63, 3.8) is 0 Å². The molecule has 0 aliphatic carbocycles. The largest absolute Gasteiger partial charge is 0.494 e. The van der Waals surface area contributed by atoms with Gasteiger partial charge >= 0.3 is 0 Å². The van der Waals surface area contributed by atoms with Crippen molar-refractivity contribution in [1.82, 2.24) is 5.32 Å². The minimum Gasteiger partial charge on any atom is -0.494 e. The Balaban J connectivity index is 1.78. The van der Waals surface area contributed by atoms with Crippen LogP contribution in [0, 0.1) is 0 Å². The van der Waals surface area contributed by atoms with Gasteiger partial charge in [0.1, 0.15) is 5.75 Å². The van der Waals surface area contributed by atoms with Gasteiger partial charge < -0.3 is 19.5 Å². The summed E-state index contributed by atoms with van der Waals surface area (Å²) < 4.78 is 16.8. The van der Waals surface area contributed by atoms with Crippen LogP contribution in [0.1, 0.15) is 12.5 Å². The Bertz CT molecular complexity index is 351. The van der Waals surface area contributed by atoms with E-state index in [1.165, 1.54) is 0 Å². The molecule has 0 radical (unpaired) electrons. The maximum Gasteiger partial charge on any atom is 0.124 e. The van der Waals surface area contributed by atoms with Crippen LogP contribution >= 0.6 is 0 Å². The maximum absolute atomic E-state index is 5.70. The molecule has 1 aromatic rings. The van der Waals surface area contributed by atoms with E-state index in [9.17, 15) is 0 Å². The Morgan fingerprint density at radius 3 is 3.06 bits per heavy atom. The number of hydrogen-bond acceptors (Lipinski definition) is 4. The summed E-state index contributed by atoms with van der Waals surface area (Å²) in [7, 11) is 0. The molecule has 2 rings (SSSR count). The summed E-state index contributed by atoms with van der Waals surface area (Å²) in [6.07, 6.45) is 0.165. The second-order valence-electron chi connectivity index (χ2n) is 4.25. The molecule has 1 aliphatic heterocycles. The fourth-order valence-corrected chi connectivity index (χ4v) is 1.95. The van der Waals surface area contributed by atoms with Crippen molar-refractivity contribution in [1.29, 1.82) is 0 Å². The highest BCUT2D eigenvalue weighted by Gasteiger charge is 2.13. The molecule has 1 atom stereocenters. The monoisotopic (exact) mass is 251 g/mol. The summed E-state index contributed by atoms with van der Waals surface area (Å²) in [4.78, 5) is 0. The standard InChI is InChI=1S/C14H21NO3/c1-2-17-14-6-4-3-5-12(14)10-16-11-13-9-15-7-8-18-13/h3-6,13,15H,2,7-11H2,1H3. The Hall–Kier alpha value is -1.10. The van der Waals surface area contributed by atoms with Crippen LogP contribution in [0.15, 0.2) is 24.3 Å². The smallest absolute Gasteiger partial charge is 0.124 e. The van der Waals surface area contributed by atoms with Crippen molar-refractivity contribution in [2.24, 2.45) is 0 Å². The van der Waals surface area contributed by atoms with E-state index < -0.39 is 0 Å². The SMILES string of the molecule is CCOc1ccccc1COCC1CNCCO1. The van der Waals surface area contributed by atoms with Gasteiger partial charge in [-0.25, -0.2) is 0 Å². The molecule has 0 aromatic heterocycles. The Kier molecular flexibility index (Phi) is 5.45. The average molecular weight is 251 g/mol. The number of rotatable bonds is 6. The lowest BCUT2D eigenvalue weighted by molar-refractivity contribution is -0.0360. The van der Waals surface area contributed by atoms with Gasteiger partial charge in [-0.05, 0) is 13.0 Å². The van der Waals surface area contributed by atoms with Crippen LogP contribution < -0.4 is 10.1 Å². The van der Waals surface area contributed by atoms with E-state index in [1.807, 2.05) is 31.2 Å². The number of hydrogen-bond donors (Lipinski definition) is 1. The number of benzene rings is 1. The zero-order valence-electron chi connectivity index (χ0n) is 10.9. The molecule has 1 aliphatic rings. The topological polar surface area (TPSA) is 39.7 Å². The van der Waals surface area contributed by atoms with Gasteiger partial charge in [-0.2, -0.15) is 0 Å². The molecular formula is C14H21NO3. The van der Waals surface area contributed by atoms with Crippen LogP contribution in [0.25, 0.3) is 0 Å². The van der Waals surface area contributed by atoms with E-state index in [4.69, 9.17) is 14.2 Å². The van der Waals surface area contributed by atoms with Gasteiger partial charge in [-0.15, -0.1) is 0 Å². The van der Waals surface area contributed by atoms with E-state index in [0.717, 1.165) is 31.0 Å². The number of para-hydroxylation sites is 1. The molecule has 1 N–H and O–H groups in total. The summed E-state index contributed by atoms with van der Waals surface area (Å²) in [5, 5.41) is 3.29. The second-order valence-corrected chi connectivity index (χ2v) is 4.25. The average Bonchev–Trinajstić information content (AvgIpc) is 2.42. The van der Waals surface area contributed by atoms with E-state index in [0.29, 0.717) is 19.8 Å². The van der Waals surface area contributed by atoms with Crippen LogP contribution in [0.4, 0.5) is 0 Å². The first-order chi connectivity index (χ1) is 8.90. The molecule has 1 fully saturated rings. The van der Waals surface area contributed by atoms with Crippen molar-refractivity contribution in [2.75, 3.05) is 32.9 Å². The molecule has 1 saturated heterocycles. The zero-order chi connectivity index (χ0) is 12.6. The van der Waals surface area contributed by atoms with Crippen LogP contribution in [-0.2, 0) is 16.1 Å². The third-order valence-corrected chi connectivity index (χ3v) is 2.84. The highest BCUT2D eigenvalue weighted by atomic mass is 16.5. The van der Waals surface area contributed by atoms with E-state index in [2.05, 4.69) is 5.32 Å². The Morgan fingerprint density at radius 1 is 1.39 bits per heavy atom. The number of morpholine rings is 1. The van der Waals surface area contributed by atoms with E-state index >= 15 is 0 Å². The van der Waals surface area contributed by atoms with Gasteiger partial charge in [0.25, 0.3) is 0 Å². The van der Waals surface area contributed by atoms with Gasteiger partial charge in [0.2, 0.25) is 0 Å². The summed E-state index contributed by atoms with van der Waals surface area (Å²) in [5.74, 6) is 0.905. The molecular weight excluding hydrogens is 230 g/mol. The molecule has 0 saturated carbocycles. The van der Waals surface area contributed by atoms with Crippen molar-refractivity contribution < 1.29 is 14.2 Å². The quantitative estimate of drug-likeness (QED) is 0.833. The summed E-state index contributed by atoms with van der Waals surface area (Å²) in [5.41, 5.74) is 1.09. The van der Waals surface area contributed by atoms with Crippen molar-refractivity contribution >= 4 is 0 Å². The minimum absolute atomic E-state index is 0.165. The number of ether oxygens (including phenoxy) is 3. The summed E-state index contributed by atoms with van der Waals surface area (Å²) in [6, 6.07) is 7.98. The van der Waals surface area contributed by atoms with Gasteiger partial charge in [-0.3, -0.25) is 0 Å². The molecule has 1 aromatic carbocycles. The maximum atomic E-state index is 5.70. The minimum atomic E-state index is 0.165. The third-order valence-electron chi connectivity index (χ3n) is 2.84. The Labute approximate surface area is 108 Å². The van der Waals surface area contributed by atoms with Crippen LogP contribution in [-0.4, -0.2) is 39.0 Å². The van der Waals surface area contributed by atoms with E-state index in [1.54, 1.807) is 0 Å². The second kappa shape index (κ2) is 7.36. The molecule has 4 heteroatoms. The summed E-state index contributed by atoms with van der Waals surface area (Å²) in [6.45, 7) is 6.41. The van der Waals surface area contributed by atoms with Gasteiger partial charge in [0, 0.05) is 18.7 Å². The first-order valence-corrected chi connectivity index (χ1v) is 6.51. The van der Waals surface area contributed by atoms with E-state index in [-0.39, 0.29) is 6.10 Å². The molecule has 0 bridgehead atoms. The van der Waals surface area contributed by atoms with Gasteiger partial charge in [-0.1, -0.05) is 18.2 Å². The first-order valence-electron chi connectivity index (χ1n) is 6.51. The van der Waals surface area contributed by atoms with Gasteiger partial charge in [0.05, 0.1) is 32.5 Å². The first kappa shape index (κ1) is 13.3. The molecule has 1 heterocycles. The summed E-state index contributed by atoms with van der Waals surface area (Å²) >= 11 is 0. The molecule has 1 unspecified atom stereocenters. The lowest BCUT2D eigenvalue weighted by Gasteiger charge is -2.23. The normalized spacial score (nSPS) is 19.7. The highest BCUT2D eigenvalue weighted by molar-refractivity contribution is 5.32. The van der Waals surface area contributed by atoms with Crippen molar-refractivity contribution in [2.45, 2.75) is 19.6 Å². The van der Waals surface area contributed by atoms with Crippen LogP contribution in [0.5, 0.6) is 5.75 Å².